The van der Waals surface area contributed by atoms with Gasteiger partial charge in [0.25, 0.3) is 5.91 Å². The highest BCUT2D eigenvalue weighted by molar-refractivity contribution is 6.03. The predicted octanol–water partition coefficient (Wildman–Crippen LogP) is 4.31. The molecule has 0 saturated heterocycles. The maximum atomic E-state index is 12.4. The van der Waals surface area contributed by atoms with Gasteiger partial charge in [0.1, 0.15) is 11.4 Å². The van der Waals surface area contributed by atoms with Crippen molar-refractivity contribution in [3.63, 3.8) is 0 Å². The molecule has 2 aromatic heterocycles. The zero-order valence-corrected chi connectivity index (χ0v) is 16.4. The summed E-state index contributed by atoms with van der Waals surface area (Å²) in [7, 11) is 0. The molecular formula is C22H21N3O4. The van der Waals surface area contributed by atoms with Gasteiger partial charge in [-0.05, 0) is 51.1 Å². The van der Waals surface area contributed by atoms with Crippen LogP contribution in [-0.2, 0) is 4.74 Å². The first-order valence-corrected chi connectivity index (χ1v) is 9.13. The average Bonchev–Trinajstić information content (AvgIpc) is 2.71. The van der Waals surface area contributed by atoms with E-state index in [9.17, 15) is 9.59 Å². The Hall–Kier alpha value is -3.74. The molecule has 0 radical (unpaired) electrons. The molecule has 2 heterocycles. The predicted molar refractivity (Wildman–Crippen MR) is 108 cm³/mol. The van der Waals surface area contributed by atoms with Crippen LogP contribution in [0.3, 0.4) is 0 Å². The highest BCUT2D eigenvalue weighted by atomic mass is 16.5. The molecule has 0 saturated carbocycles. The van der Waals surface area contributed by atoms with Crippen LogP contribution in [0.25, 0.3) is 0 Å². The molecule has 0 fully saturated rings. The van der Waals surface area contributed by atoms with Crippen molar-refractivity contribution in [1.29, 1.82) is 0 Å². The number of hydrogen-bond acceptors (Lipinski definition) is 6. The lowest BCUT2D eigenvalue weighted by atomic mass is 10.2. The van der Waals surface area contributed by atoms with E-state index in [1.165, 1.54) is 18.3 Å². The van der Waals surface area contributed by atoms with E-state index in [1.807, 2.05) is 31.2 Å². The van der Waals surface area contributed by atoms with Crippen LogP contribution in [0.2, 0.25) is 0 Å². The maximum Gasteiger partial charge on any atom is 0.339 e. The summed E-state index contributed by atoms with van der Waals surface area (Å²) < 4.78 is 10.6. The monoisotopic (exact) mass is 391 g/mol. The topological polar surface area (TPSA) is 90.4 Å². The molecule has 0 atom stereocenters. The molecule has 29 heavy (non-hydrogen) atoms. The van der Waals surface area contributed by atoms with Crippen molar-refractivity contribution < 1.29 is 19.1 Å². The number of aromatic nitrogens is 2. The number of nitrogens with zero attached hydrogens (tertiary/aromatic N) is 2. The number of esters is 1. The molecule has 0 aliphatic heterocycles. The second-order valence-corrected chi connectivity index (χ2v) is 6.30. The van der Waals surface area contributed by atoms with Crippen LogP contribution < -0.4 is 10.1 Å². The molecule has 0 aliphatic carbocycles. The Balaban J connectivity index is 1.65. The van der Waals surface area contributed by atoms with Gasteiger partial charge in [0.15, 0.2) is 0 Å². The normalized spacial score (nSPS) is 10.3. The number of aryl methyl sites for hydroxylation is 2. The zero-order chi connectivity index (χ0) is 20.8. The summed E-state index contributed by atoms with van der Waals surface area (Å²) in [6.07, 6.45) is 1.50. The second kappa shape index (κ2) is 8.97. The van der Waals surface area contributed by atoms with Crippen LogP contribution in [0.5, 0.6) is 11.6 Å². The summed E-state index contributed by atoms with van der Waals surface area (Å²) in [4.78, 5) is 32.7. The average molecular weight is 391 g/mol. The van der Waals surface area contributed by atoms with Gasteiger partial charge in [-0.2, -0.15) is 0 Å². The standard InChI is InChI=1S/C22H21N3O4/c1-4-28-22(27)18-10-11-19(24-15(18)3)21(26)25-16-7-12-20(23-13-16)29-17-8-5-14(2)6-9-17/h5-13H,4H2,1-3H3,(H,25,26). The van der Waals surface area contributed by atoms with E-state index < -0.39 is 11.9 Å². The first-order valence-electron chi connectivity index (χ1n) is 9.13. The number of carbonyl (C=O) groups is 2. The Morgan fingerprint density at radius 2 is 1.76 bits per heavy atom. The molecule has 0 aliphatic rings. The molecule has 1 amide bonds. The van der Waals surface area contributed by atoms with Gasteiger partial charge in [-0.25, -0.2) is 14.8 Å². The van der Waals surface area contributed by atoms with Gasteiger partial charge < -0.3 is 14.8 Å². The van der Waals surface area contributed by atoms with Crippen molar-refractivity contribution in [3.8, 4) is 11.6 Å². The Morgan fingerprint density at radius 1 is 1.00 bits per heavy atom. The lowest BCUT2D eigenvalue weighted by molar-refractivity contribution is 0.0524. The van der Waals surface area contributed by atoms with E-state index in [0.717, 1.165) is 5.56 Å². The van der Waals surface area contributed by atoms with Crippen molar-refractivity contribution in [3.05, 3.63) is 77.2 Å². The molecule has 1 aromatic carbocycles. The van der Waals surface area contributed by atoms with E-state index >= 15 is 0 Å². The summed E-state index contributed by atoms with van der Waals surface area (Å²) >= 11 is 0. The minimum Gasteiger partial charge on any atom is -0.462 e. The summed E-state index contributed by atoms with van der Waals surface area (Å²) in [5, 5.41) is 2.72. The van der Waals surface area contributed by atoms with Crippen molar-refractivity contribution in [1.82, 2.24) is 9.97 Å². The van der Waals surface area contributed by atoms with Crippen LogP contribution in [0, 0.1) is 13.8 Å². The lowest BCUT2D eigenvalue weighted by Crippen LogP contribution is -2.16. The number of ether oxygens (including phenoxy) is 2. The van der Waals surface area contributed by atoms with Crippen LogP contribution in [-0.4, -0.2) is 28.5 Å². The Labute approximate surface area is 168 Å². The van der Waals surface area contributed by atoms with E-state index in [4.69, 9.17) is 9.47 Å². The van der Waals surface area contributed by atoms with Gasteiger partial charge >= 0.3 is 5.97 Å². The first kappa shape index (κ1) is 20.0. The van der Waals surface area contributed by atoms with Gasteiger partial charge in [0.05, 0.1) is 29.7 Å². The molecule has 1 N–H and O–H groups in total. The molecule has 148 valence electrons. The van der Waals surface area contributed by atoms with E-state index in [0.29, 0.717) is 28.6 Å². The smallest absolute Gasteiger partial charge is 0.339 e. The van der Waals surface area contributed by atoms with E-state index in [1.54, 1.807) is 26.0 Å². The fourth-order valence-corrected chi connectivity index (χ4v) is 2.55. The number of amides is 1. The second-order valence-electron chi connectivity index (χ2n) is 6.30. The number of rotatable bonds is 6. The van der Waals surface area contributed by atoms with E-state index in [2.05, 4.69) is 15.3 Å². The van der Waals surface area contributed by atoms with Gasteiger partial charge in [-0.1, -0.05) is 17.7 Å². The fraction of sp³-hybridized carbons (Fsp3) is 0.182. The molecule has 0 bridgehead atoms. The molecule has 3 rings (SSSR count). The highest BCUT2D eigenvalue weighted by Gasteiger charge is 2.15. The quantitative estimate of drug-likeness (QED) is 0.630. The number of benzene rings is 1. The van der Waals surface area contributed by atoms with Gasteiger partial charge in [0.2, 0.25) is 5.88 Å². The van der Waals surface area contributed by atoms with E-state index in [-0.39, 0.29) is 12.3 Å². The first-order chi connectivity index (χ1) is 14.0. The minimum absolute atomic E-state index is 0.190. The minimum atomic E-state index is -0.460. The Morgan fingerprint density at radius 3 is 2.38 bits per heavy atom. The van der Waals surface area contributed by atoms with Crippen molar-refractivity contribution >= 4 is 17.6 Å². The summed E-state index contributed by atoms with van der Waals surface area (Å²) in [6, 6.07) is 14.0. The molecule has 7 heteroatoms. The van der Waals surface area contributed by atoms with Crippen molar-refractivity contribution in [2.75, 3.05) is 11.9 Å². The highest BCUT2D eigenvalue weighted by Crippen LogP contribution is 2.21. The third-order valence-electron chi connectivity index (χ3n) is 4.05. The van der Waals surface area contributed by atoms with Crippen LogP contribution >= 0.6 is 0 Å². The number of hydrogen-bond donors (Lipinski definition) is 1. The molecule has 3 aromatic rings. The third kappa shape index (κ3) is 5.16. The third-order valence-corrected chi connectivity index (χ3v) is 4.05. The number of anilines is 1. The Kier molecular flexibility index (Phi) is 6.19. The molecule has 0 unspecified atom stereocenters. The van der Waals surface area contributed by atoms with Crippen LogP contribution in [0.1, 0.15) is 39.0 Å². The van der Waals surface area contributed by atoms with Gasteiger partial charge in [0, 0.05) is 6.07 Å². The largest absolute Gasteiger partial charge is 0.462 e. The van der Waals surface area contributed by atoms with Gasteiger partial charge in [-0.3, -0.25) is 4.79 Å². The molecule has 7 nitrogen and oxygen atoms in total. The number of pyridine rings is 2. The zero-order valence-electron chi connectivity index (χ0n) is 16.4. The molecular weight excluding hydrogens is 370 g/mol. The van der Waals surface area contributed by atoms with Gasteiger partial charge in [-0.15, -0.1) is 0 Å². The van der Waals surface area contributed by atoms with Crippen LogP contribution in [0.4, 0.5) is 5.69 Å². The lowest BCUT2D eigenvalue weighted by Gasteiger charge is -2.09. The fourth-order valence-electron chi connectivity index (χ4n) is 2.55. The van der Waals surface area contributed by atoms with Crippen LogP contribution in [0.15, 0.2) is 54.7 Å². The number of nitrogens with one attached hydrogen (secondary N) is 1. The summed E-state index contributed by atoms with van der Waals surface area (Å²) in [6.45, 7) is 5.66. The summed E-state index contributed by atoms with van der Waals surface area (Å²) in [5.74, 6) is 0.233. The molecule has 0 spiro atoms. The Bertz CT molecular complexity index is 1020. The van der Waals surface area contributed by atoms with Crippen molar-refractivity contribution in [2.45, 2.75) is 20.8 Å². The maximum absolute atomic E-state index is 12.4. The summed E-state index contributed by atoms with van der Waals surface area (Å²) in [5.41, 5.74) is 2.59. The van der Waals surface area contributed by atoms with Crippen molar-refractivity contribution in [2.24, 2.45) is 0 Å². The number of carbonyl (C=O) groups excluding carboxylic acids is 2. The SMILES string of the molecule is CCOC(=O)c1ccc(C(=O)Nc2ccc(Oc3ccc(C)cc3)nc2)nc1C.